The predicted octanol–water partition coefficient (Wildman–Crippen LogP) is 2.42. The van der Waals surface area contributed by atoms with Gasteiger partial charge in [0.05, 0.1) is 5.37 Å². The Morgan fingerprint density at radius 3 is 3.08 bits per heavy atom. The number of rotatable bonds is 1. The first-order chi connectivity index (χ1) is 5.92. The maximum absolute atomic E-state index is 4.81. The van der Waals surface area contributed by atoms with E-state index in [0.29, 0.717) is 0 Å². The molecule has 2 rings (SSSR count). The number of hydrogen-bond acceptors (Lipinski definition) is 2. The van der Waals surface area contributed by atoms with Crippen molar-refractivity contribution in [3.63, 3.8) is 0 Å². The molecule has 0 saturated carbocycles. The molecule has 0 amide bonds. The summed E-state index contributed by atoms with van der Waals surface area (Å²) in [7, 11) is 0. The van der Waals surface area contributed by atoms with Crippen LogP contribution in [0.15, 0.2) is 48.0 Å². The van der Waals surface area contributed by atoms with Gasteiger partial charge in [-0.25, -0.2) is 0 Å². The van der Waals surface area contributed by atoms with Gasteiger partial charge in [0.1, 0.15) is 0 Å². The molecule has 0 aromatic heterocycles. The Balaban J connectivity index is 2.43. The van der Waals surface area contributed by atoms with E-state index in [-0.39, 0.29) is 0 Å². The summed E-state index contributed by atoms with van der Waals surface area (Å²) in [5, 5.41) is 2.79. The number of thiocarbonyl (C=S) groups is 1. The molecule has 0 unspecified atom stereocenters. The Labute approximate surface area is 77.4 Å². The minimum atomic E-state index is 0.896. The number of fused-ring (bicyclic) bond motifs is 1. The average molecular weight is 174 g/mol. The van der Waals surface area contributed by atoms with Crippen LogP contribution in [0.2, 0.25) is 0 Å². The topological polar surface area (TPSA) is 3.24 Å². The third kappa shape index (κ3) is 1.14. The van der Waals surface area contributed by atoms with Gasteiger partial charge in [0.15, 0.2) is 0 Å². The smallest absolute Gasteiger partial charge is 0.0617 e. The van der Waals surface area contributed by atoms with Crippen LogP contribution in [0.25, 0.3) is 0 Å². The first-order valence-corrected chi connectivity index (χ1v) is 4.24. The molecule has 0 N–H and O–H groups in total. The van der Waals surface area contributed by atoms with Crippen molar-refractivity contribution < 1.29 is 0 Å². The first-order valence-electron chi connectivity index (χ1n) is 3.83. The third-order valence-electron chi connectivity index (χ3n) is 1.91. The molecule has 0 fully saturated rings. The van der Waals surface area contributed by atoms with Gasteiger partial charge < -0.3 is 4.90 Å². The second-order valence-electron chi connectivity index (χ2n) is 2.66. The molecule has 0 aliphatic carbocycles. The van der Waals surface area contributed by atoms with E-state index in [4.69, 9.17) is 12.2 Å². The van der Waals surface area contributed by atoms with Crippen LogP contribution >= 0.6 is 12.2 Å². The minimum Gasteiger partial charge on any atom is -0.324 e. The largest absolute Gasteiger partial charge is 0.324 e. The second kappa shape index (κ2) is 3.07. The highest BCUT2D eigenvalue weighted by Crippen LogP contribution is 2.22. The SMILES string of the molecule is S=[C]C1=C2C=CC=CN2C=CC1. The van der Waals surface area contributed by atoms with E-state index < -0.39 is 0 Å². The lowest BCUT2D eigenvalue weighted by Crippen LogP contribution is -2.15. The van der Waals surface area contributed by atoms with Gasteiger partial charge in [-0.3, -0.25) is 0 Å². The molecule has 0 spiro atoms. The summed E-state index contributed by atoms with van der Waals surface area (Å²) in [6.07, 6.45) is 13.1. The quantitative estimate of drug-likeness (QED) is 0.562. The molecule has 2 aliphatic heterocycles. The zero-order valence-corrected chi connectivity index (χ0v) is 7.34. The second-order valence-corrected chi connectivity index (χ2v) is 2.87. The maximum Gasteiger partial charge on any atom is 0.0617 e. The highest BCUT2D eigenvalue weighted by atomic mass is 32.1. The summed E-state index contributed by atoms with van der Waals surface area (Å²) in [6, 6.07) is 0. The standard InChI is InChI=1S/C10H8NS/c12-8-9-4-3-7-11-6-2-1-5-10(9)11/h1-3,5-7H,4H2. The zero-order chi connectivity index (χ0) is 8.39. The fraction of sp³-hybridized carbons (Fsp3) is 0.100. The third-order valence-corrected chi connectivity index (χ3v) is 2.16. The van der Waals surface area contributed by atoms with Gasteiger partial charge >= 0.3 is 0 Å². The molecule has 2 heterocycles. The van der Waals surface area contributed by atoms with Gasteiger partial charge in [-0.05, 0) is 24.1 Å². The highest BCUT2D eigenvalue weighted by molar-refractivity contribution is 7.79. The van der Waals surface area contributed by atoms with Crippen LogP contribution in [0.3, 0.4) is 0 Å². The molecule has 0 bridgehead atoms. The Bertz CT molecular complexity index is 321. The monoisotopic (exact) mass is 174 g/mol. The Kier molecular flexibility index (Phi) is 1.92. The average Bonchev–Trinajstić information content (AvgIpc) is 2.17. The van der Waals surface area contributed by atoms with E-state index in [1.807, 2.05) is 24.6 Å². The number of hydrogen-bond donors (Lipinski definition) is 0. The fourth-order valence-corrected chi connectivity index (χ4v) is 1.51. The zero-order valence-electron chi connectivity index (χ0n) is 6.53. The van der Waals surface area contributed by atoms with E-state index in [1.54, 1.807) is 0 Å². The van der Waals surface area contributed by atoms with E-state index >= 15 is 0 Å². The summed E-state index contributed by atoms with van der Waals surface area (Å²) in [4.78, 5) is 2.05. The van der Waals surface area contributed by atoms with Crippen molar-refractivity contribution in [2.24, 2.45) is 0 Å². The van der Waals surface area contributed by atoms with E-state index in [0.717, 1.165) is 17.7 Å². The van der Waals surface area contributed by atoms with Gasteiger partial charge in [-0.2, -0.15) is 0 Å². The van der Waals surface area contributed by atoms with Crippen molar-refractivity contribution in [1.82, 2.24) is 4.90 Å². The normalized spacial score (nSPS) is 19.8. The molecule has 59 valence electrons. The van der Waals surface area contributed by atoms with Crippen LogP contribution in [0, 0.1) is 0 Å². The summed E-state index contributed by atoms with van der Waals surface area (Å²) in [5.74, 6) is 0. The van der Waals surface area contributed by atoms with Gasteiger partial charge in [0, 0.05) is 18.1 Å². The lowest BCUT2D eigenvalue weighted by molar-refractivity contribution is 0.625. The molecule has 2 heteroatoms. The van der Waals surface area contributed by atoms with E-state index in [1.165, 1.54) is 0 Å². The Morgan fingerprint density at radius 1 is 1.33 bits per heavy atom. The van der Waals surface area contributed by atoms with Crippen molar-refractivity contribution in [2.45, 2.75) is 6.42 Å². The fourth-order valence-electron chi connectivity index (χ4n) is 1.32. The van der Waals surface area contributed by atoms with Crippen LogP contribution in [-0.2, 0) is 0 Å². The van der Waals surface area contributed by atoms with Gasteiger partial charge in [-0.15, -0.1) is 0 Å². The first kappa shape index (κ1) is 7.50. The molecule has 0 aromatic carbocycles. The summed E-state index contributed by atoms with van der Waals surface area (Å²) >= 11 is 4.81. The molecule has 0 saturated heterocycles. The van der Waals surface area contributed by atoms with Gasteiger partial charge in [0.2, 0.25) is 0 Å². The van der Waals surface area contributed by atoms with Crippen LogP contribution in [0.4, 0.5) is 0 Å². The van der Waals surface area contributed by atoms with Crippen molar-refractivity contribution in [1.29, 1.82) is 0 Å². The number of allylic oxidation sites excluding steroid dienone is 5. The van der Waals surface area contributed by atoms with Crippen molar-refractivity contribution >= 4 is 17.6 Å². The molecular formula is C10H8NS. The minimum absolute atomic E-state index is 0.896. The molecule has 1 radical (unpaired) electrons. The van der Waals surface area contributed by atoms with Crippen LogP contribution < -0.4 is 0 Å². The molecule has 2 aliphatic rings. The van der Waals surface area contributed by atoms with Crippen molar-refractivity contribution in [3.8, 4) is 0 Å². The van der Waals surface area contributed by atoms with Crippen molar-refractivity contribution in [2.75, 3.05) is 0 Å². The maximum atomic E-state index is 4.81. The Morgan fingerprint density at radius 2 is 2.25 bits per heavy atom. The molecule has 12 heavy (non-hydrogen) atoms. The van der Waals surface area contributed by atoms with E-state index in [2.05, 4.69) is 22.4 Å². The summed E-state index contributed by atoms with van der Waals surface area (Å²) in [5.41, 5.74) is 2.24. The molecule has 1 nitrogen and oxygen atoms in total. The summed E-state index contributed by atoms with van der Waals surface area (Å²) < 4.78 is 0. The van der Waals surface area contributed by atoms with Gasteiger partial charge in [-0.1, -0.05) is 24.4 Å². The van der Waals surface area contributed by atoms with E-state index in [9.17, 15) is 0 Å². The summed E-state index contributed by atoms with van der Waals surface area (Å²) in [6.45, 7) is 0. The lowest BCUT2D eigenvalue weighted by atomic mass is 10.1. The lowest BCUT2D eigenvalue weighted by Gasteiger charge is -2.24. The van der Waals surface area contributed by atoms with Gasteiger partial charge in [0.25, 0.3) is 0 Å². The predicted molar refractivity (Wildman–Crippen MR) is 53.5 cm³/mol. The number of nitrogens with zero attached hydrogens (tertiary/aromatic N) is 1. The van der Waals surface area contributed by atoms with Crippen molar-refractivity contribution in [3.05, 3.63) is 48.0 Å². The highest BCUT2D eigenvalue weighted by Gasteiger charge is 2.11. The van der Waals surface area contributed by atoms with Crippen LogP contribution in [-0.4, -0.2) is 10.3 Å². The van der Waals surface area contributed by atoms with Crippen LogP contribution in [0.1, 0.15) is 6.42 Å². The Hall–Kier alpha value is -1.15. The van der Waals surface area contributed by atoms with Crippen LogP contribution in [0.5, 0.6) is 0 Å². The molecule has 0 atom stereocenters. The molecular weight excluding hydrogens is 166 g/mol. The molecule has 0 aromatic rings.